The number of ether oxygens (including phenoxy) is 1. The molecular weight excluding hydrogens is 357 g/mol. The van der Waals surface area contributed by atoms with Crippen molar-refractivity contribution in [1.29, 1.82) is 0 Å². The summed E-state index contributed by atoms with van der Waals surface area (Å²) in [7, 11) is 0. The van der Waals surface area contributed by atoms with Gasteiger partial charge in [-0.2, -0.15) is 13.2 Å². The number of rotatable bonds is 6. The molecule has 0 aliphatic carbocycles. The summed E-state index contributed by atoms with van der Waals surface area (Å²) in [4.78, 5) is 15.1. The van der Waals surface area contributed by atoms with E-state index in [-0.39, 0.29) is 19.0 Å². The zero-order chi connectivity index (χ0) is 18.4. The third kappa shape index (κ3) is 6.74. The van der Waals surface area contributed by atoms with Crippen molar-refractivity contribution in [3.05, 3.63) is 28.8 Å². The van der Waals surface area contributed by atoms with Crippen LogP contribution in [0.1, 0.15) is 18.4 Å². The Bertz CT molecular complexity index is 588. The summed E-state index contributed by atoms with van der Waals surface area (Å²) in [6, 6.07) is 5.34. The molecule has 1 aromatic rings. The first kappa shape index (κ1) is 19.8. The van der Waals surface area contributed by atoms with E-state index in [0.29, 0.717) is 37.6 Å². The number of hydrogen-bond donors (Lipinski definition) is 0. The van der Waals surface area contributed by atoms with Gasteiger partial charge < -0.3 is 9.64 Å². The predicted molar refractivity (Wildman–Crippen MR) is 90.0 cm³/mol. The minimum atomic E-state index is -4.19. The Kier molecular flexibility index (Phi) is 6.95. The topological polar surface area (TPSA) is 32.8 Å². The first-order valence-corrected chi connectivity index (χ1v) is 8.58. The average Bonchev–Trinajstić information content (AvgIpc) is 2.52. The summed E-state index contributed by atoms with van der Waals surface area (Å²) in [5, 5.41) is 0.643. The number of nitrogens with zero attached hydrogens (tertiary/aromatic N) is 2. The Morgan fingerprint density at radius 3 is 2.52 bits per heavy atom. The van der Waals surface area contributed by atoms with Gasteiger partial charge in [-0.3, -0.25) is 9.69 Å². The summed E-state index contributed by atoms with van der Waals surface area (Å²) in [6.07, 6.45) is -3.31. The zero-order valence-electron chi connectivity index (χ0n) is 14.1. The van der Waals surface area contributed by atoms with Crippen molar-refractivity contribution in [2.45, 2.75) is 25.9 Å². The lowest BCUT2D eigenvalue weighted by atomic mass is 10.2. The second kappa shape index (κ2) is 8.76. The highest BCUT2D eigenvalue weighted by atomic mass is 35.5. The maximum Gasteiger partial charge on any atom is 0.401 e. The van der Waals surface area contributed by atoms with Crippen LogP contribution in [0.15, 0.2) is 18.2 Å². The Morgan fingerprint density at radius 2 is 1.92 bits per heavy atom. The standard InChI is InChI=1S/C17H22ClF3N2O2/c1-13-11-14(18)4-5-15(13)25-10-2-3-16(24)23-8-6-22(7-9-23)12-17(19,20)21/h4-5,11H,2-3,6-10,12H2,1H3. The van der Waals surface area contributed by atoms with Crippen molar-refractivity contribution in [2.24, 2.45) is 0 Å². The number of benzene rings is 1. The first-order valence-electron chi connectivity index (χ1n) is 8.20. The van der Waals surface area contributed by atoms with Gasteiger partial charge in [-0.05, 0) is 37.1 Å². The highest BCUT2D eigenvalue weighted by Gasteiger charge is 2.32. The van der Waals surface area contributed by atoms with Gasteiger partial charge in [-0.1, -0.05) is 11.6 Å². The summed E-state index contributed by atoms with van der Waals surface area (Å²) in [5.41, 5.74) is 0.930. The second-order valence-electron chi connectivity index (χ2n) is 6.13. The summed E-state index contributed by atoms with van der Waals surface area (Å²) in [5.74, 6) is 0.695. The summed E-state index contributed by atoms with van der Waals surface area (Å²) < 4.78 is 42.7. The molecule has 2 rings (SSSR count). The lowest BCUT2D eigenvalue weighted by Crippen LogP contribution is -2.50. The number of carbonyl (C=O) groups excluding carboxylic acids is 1. The molecule has 8 heteroatoms. The maximum atomic E-state index is 12.3. The van der Waals surface area contributed by atoms with Gasteiger partial charge in [-0.15, -0.1) is 0 Å². The Morgan fingerprint density at radius 1 is 1.24 bits per heavy atom. The normalized spacial score (nSPS) is 16.1. The van der Waals surface area contributed by atoms with Crippen molar-refractivity contribution in [3.8, 4) is 5.75 Å². The molecule has 1 aromatic carbocycles. The van der Waals surface area contributed by atoms with E-state index in [0.717, 1.165) is 11.3 Å². The Hall–Kier alpha value is -1.47. The summed E-state index contributed by atoms with van der Waals surface area (Å²) in [6.45, 7) is 2.58. The second-order valence-corrected chi connectivity index (χ2v) is 6.57. The SMILES string of the molecule is Cc1cc(Cl)ccc1OCCCC(=O)N1CCN(CC(F)(F)F)CC1. The number of hydrogen-bond acceptors (Lipinski definition) is 3. The molecule has 4 nitrogen and oxygen atoms in total. The van der Waals surface area contributed by atoms with Crippen LogP contribution >= 0.6 is 11.6 Å². The van der Waals surface area contributed by atoms with E-state index in [4.69, 9.17) is 16.3 Å². The van der Waals surface area contributed by atoms with Gasteiger partial charge >= 0.3 is 6.18 Å². The molecule has 1 aliphatic heterocycles. The van der Waals surface area contributed by atoms with Crippen molar-refractivity contribution in [1.82, 2.24) is 9.80 Å². The number of carbonyl (C=O) groups is 1. The van der Waals surface area contributed by atoms with Gasteiger partial charge in [0, 0.05) is 37.6 Å². The van der Waals surface area contributed by atoms with Gasteiger partial charge in [0.2, 0.25) is 5.91 Å². The number of aryl methyl sites for hydroxylation is 1. The highest BCUT2D eigenvalue weighted by Crippen LogP contribution is 2.22. The fourth-order valence-corrected chi connectivity index (χ4v) is 2.97. The molecule has 1 saturated heterocycles. The van der Waals surface area contributed by atoms with Crippen LogP contribution < -0.4 is 4.74 Å². The lowest BCUT2D eigenvalue weighted by molar-refractivity contribution is -0.151. The number of halogens is 4. The van der Waals surface area contributed by atoms with E-state index in [1.54, 1.807) is 17.0 Å². The monoisotopic (exact) mass is 378 g/mol. The molecule has 1 heterocycles. The van der Waals surface area contributed by atoms with Crippen LogP contribution in [0, 0.1) is 6.92 Å². The molecule has 0 unspecified atom stereocenters. The van der Waals surface area contributed by atoms with Gasteiger partial charge in [-0.25, -0.2) is 0 Å². The molecule has 1 aliphatic rings. The molecule has 0 spiro atoms. The molecule has 0 bridgehead atoms. The molecule has 1 fully saturated rings. The number of amides is 1. The van der Waals surface area contributed by atoms with E-state index in [9.17, 15) is 18.0 Å². The van der Waals surface area contributed by atoms with Crippen LogP contribution in [0.4, 0.5) is 13.2 Å². The minimum absolute atomic E-state index is 0.0388. The van der Waals surface area contributed by atoms with E-state index in [1.165, 1.54) is 4.90 Å². The molecule has 0 saturated carbocycles. The third-order valence-corrected chi connectivity index (χ3v) is 4.29. The quantitative estimate of drug-likeness (QED) is 0.710. The van der Waals surface area contributed by atoms with Crippen LogP contribution in [0.2, 0.25) is 5.02 Å². The Labute approximate surface area is 150 Å². The molecule has 25 heavy (non-hydrogen) atoms. The average molecular weight is 379 g/mol. The van der Waals surface area contributed by atoms with Crippen molar-refractivity contribution >= 4 is 17.5 Å². The fraction of sp³-hybridized carbons (Fsp3) is 0.588. The lowest BCUT2D eigenvalue weighted by Gasteiger charge is -2.35. The smallest absolute Gasteiger partial charge is 0.401 e. The van der Waals surface area contributed by atoms with E-state index in [1.807, 2.05) is 13.0 Å². The summed E-state index contributed by atoms with van der Waals surface area (Å²) >= 11 is 5.88. The number of piperazine rings is 1. The molecule has 0 aromatic heterocycles. The minimum Gasteiger partial charge on any atom is -0.493 e. The zero-order valence-corrected chi connectivity index (χ0v) is 14.9. The molecule has 0 atom stereocenters. The van der Waals surface area contributed by atoms with E-state index < -0.39 is 12.7 Å². The van der Waals surface area contributed by atoms with Gasteiger partial charge in [0.05, 0.1) is 13.2 Å². The first-order chi connectivity index (χ1) is 11.7. The molecular formula is C17H22ClF3N2O2. The molecule has 140 valence electrons. The van der Waals surface area contributed by atoms with Crippen molar-refractivity contribution < 1.29 is 22.7 Å². The predicted octanol–water partition coefficient (Wildman–Crippen LogP) is 3.51. The highest BCUT2D eigenvalue weighted by molar-refractivity contribution is 6.30. The molecule has 0 N–H and O–H groups in total. The van der Waals surface area contributed by atoms with E-state index in [2.05, 4.69) is 0 Å². The van der Waals surface area contributed by atoms with Gasteiger partial charge in [0.15, 0.2) is 0 Å². The van der Waals surface area contributed by atoms with Crippen LogP contribution in [-0.4, -0.2) is 61.2 Å². The van der Waals surface area contributed by atoms with Gasteiger partial charge in [0.25, 0.3) is 0 Å². The van der Waals surface area contributed by atoms with Crippen LogP contribution in [0.5, 0.6) is 5.75 Å². The fourth-order valence-electron chi connectivity index (χ4n) is 2.75. The van der Waals surface area contributed by atoms with Crippen molar-refractivity contribution in [2.75, 3.05) is 39.3 Å². The third-order valence-electron chi connectivity index (χ3n) is 4.06. The molecule has 0 radical (unpaired) electrons. The van der Waals surface area contributed by atoms with Crippen LogP contribution in [-0.2, 0) is 4.79 Å². The number of alkyl halides is 3. The van der Waals surface area contributed by atoms with E-state index >= 15 is 0 Å². The van der Waals surface area contributed by atoms with Gasteiger partial charge in [0.1, 0.15) is 5.75 Å². The maximum absolute atomic E-state index is 12.3. The van der Waals surface area contributed by atoms with Crippen LogP contribution in [0.3, 0.4) is 0 Å². The Balaban J connectivity index is 1.66. The van der Waals surface area contributed by atoms with Crippen LogP contribution in [0.25, 0.3) is 0 Å². The molecule has 1 amide bonds. The van der Waals surface area contributed by atoms with Crippen molar-refractivity contribution in [3.63, 3.8) is 0 Å². The largest absolute Gasteiger partial charge is 0.493 e.